The Balaban J connectivity index is 2.06. The van der Waals surface area contributed by atoms with Crippen LogP contribution >= 0.6 is 0 Å². The number of nitrogens with zero attached hydrogens (tertiary/aromatic N) is 5. The van der Waals surface area contributed by atoms with Crippen LogP contribution in [0.4, 0.5) is 10.3 Å². The van der Waals surface area contributed by atoms with Crippen molar-refractivity contribution in [2.45, 2.75) is 6.92 Å². The highest BCUT2D eigenvalue weighted by Gasteiger charge is 2.18. The molecule has 3 aromatic rings. The highest BCUT2D eigenvalue weighted by molar-refractivity contribution is 6.03. The van der Waals surface area contributed by atoms with Crippen molar-refractivity contribution in [3.63, 3.8) is 0 Å². The summed E-state index contributed by atoms with van der Waals surface area (Å²) in [6.07, 6.45) is 1.19. The third-order valence-corrected chi connectivity index (χ3v) is 2.54. The summed E-state index contributed by atoms with van der Waals surface area (Å²) in [6.45, 7) is 1.66. The van der Waals surface area contributed by atoms with Crippen LogP contribution in [0, 0.1) is 12.7 Å². The van der Waals surface area contributed by atoms with E-state index in [2.05, 4.69) is 30.9 Å². The number of hydrogen-bond acceptors (Lipinski definition) is 5. The van der Waals surface area contributed by atoms with Crippen molar-refractivity contribution in [1.29, 1.82) is 0 Å². The van der Waals surface area contributed by atoms with Crippen LogP contribution in [0.25, 0.3) is 5.65 Å². The molecule has 0 saturated heterocycles. The molecule has 0 bridgehead atoms. The van der Waals surface area contributed by atoms with Gasteiger partial charge in [0.15, 0.2) is 0 Å². The fraction of sp³-hybridized carbons (Fsp3) is 0.100. The predicted octanol–water partition coefficient (Wildman–Crippen LogP) is 0.547. The van der Waals surface area contributed by atoms with Gasteiger partial charge in [-0.15, -0.1) is 5.10 Å². The lowest BCUT2D eigenvalue weighted by molar-refractivity contribution is 0.102. The van der Waals surface area contributed by atoms with Crippen LogP contribution in [0.15, 0.2) is 18.3 Å². The number of aromatic amines is 1. The summed E-state index contributed by atoms with van der Waals surface area (Å²) < 4.78 is 14.6. The minimum atomic E-state index is -0.489. The molecule has 9 heteroatoms. The molecule has 96 valence electrons. The van der Waals surface area contributed by atoms with E-state index in [0.29, 0.717) is 11.3 Å². The van der Waals surface area contributed by atoms with E-state index in [1.165, 1.54) is 22.7 Å². The van der Waals surface area contributed by atoms with Gasteiger partial charge < -0.3 is 0 Å². The molecule has 3 aromatic heterocycles. The minimum Gasteiger partial charge on any atom is -0.292 e. The summed E-state index contributed by atoms with van der Waals surface area (Å²) in [5, 5.41) is 15.2. The highest BCUT2D eigenvalue weighted by atomic mass is 19.1. The molecule has 3 rings (SSSR count). The molecule has 0 aliphatic carbocycles. The molecular weight excluding hydrogens is 253 g/mol. The number of rotatable bonds is 2. The number of carbonyl (C=O) groups excluding carboxylic acids is 1. The molecule has 2 N–H and O–H groups in total. The first-order chi connectivity index (χ1) is 9.15. The summed E-state index contributed by atoms with van der Waals surface area (Å²) in [4.78, 5) is 16.3. The quantitative estimate of drug-likeness (QED) is 0.701. The number of hydrogen-bond donors (Lipinski definition) is 2. The second-order valence-electron chi connectivity index (χ2n) is 3.81. The normalized spacial score (nSPS) is 10.8. The number of carbonyl (C=O) groups is 1. The molecule has 0 fully saturated rings. The fourth-order valence-electron chi connectivity index (χ4n) is 1.79. The summed E-state index contributed by atoms with van der Waals surface area (Å²) in [6, 6.07) is 2.77. The molecule has 0 unspecified atom stereocenters. The number of imidazole rings is 1. The number of nitrogens with one attached hydrogen (secondary N) is 2. The first-order valence-corrected chi connectivity index (χ1v) is 5.34. The lowest BCUT2D eigenvalue weighted by Gasteiger charge is -2.02. The number of halogens is 1. The van der Waals surface area contributed by atoms with E-state index >= 15 is 0 Å². The zero-order valence-electron chi connectivity index (χ0n) is 9.75. The summed E-state index contributed by atoms with van der Waals surface area (Å²) >= 11 is 0. The fourth-order valence-corrected chi connectivity index (χ4v) is 1.79. The number of aryl methyl sites for hydroxylation is 1. The number of fused-ring (bicyclic) bond motifs is 1. The van der Waals surface area contributed by atoms with Gasteiger partial charge in [-0.05, 0) is 24.3 Å². The van der Waals surface area contributed by atoms with Crippen LogP contribution in [0.1, 0.15) is 16.2 Å². The molecule has 0 aliphatic heterocycles. The Morgan fingerprint density at radius 1 is 1.47 bits per heavy atom. The molecule has 0 saturated carbocycles. The van der Waals surface area contributed by atoms with Crippen molar-refractivity contribution in [2.24, 2.45) is 0 Å². The van der Waals surface area contributed by atoms with E-state index in [1.54, 1.807) is 6.92 Å². The Morgan fingerprint density at radius 2 is 2.32 bits per heavy atom. The van der Waals surface area contributed by atoms with E-state index in [9.17, 15) is 9.18 Å². The summed E-state index contributed by atoms with van der Waals surface area (Å²) in [7, 11) is 0. The molecule has 1 amide bonds. The number of aromatic nitrogens is 6. The standard InChI is InChI=1S/C10H8FN7O/c1-5-8(9(19)13-10-14-16-17-15-10)18-4-6(11)2-3-7(18)12-5/h2-4H,1H3,(H2,13,14,15,16,17,19). The zero-order chi connectivity index (χ0) is 13.4. The first-order valence-electron chi connectivity index (χ1n) is 5.34. The van der Waals surface area contributed by atoms with Gasteiger partial charge in [-0.3, -0.25) is 14.5 Å². The second kappa shape index (κ2) is 4.12. The molecular formula is C10H8FN7O. The molecule has 19 heavy (non-hydrogen) atoms. The molecule has 0 spiro atoms. The van der Waals surface area contributed by atoms with Gasteiger partial charge in [0.2, 0.25) is 0 Å². The van der Waals surface area contributed by atoms with Gasteiger partial charge in [-0.1, -0.05) is 5.10 Å². The van der Waals surface area contributed by atoms with Gasteiger partial charge in [0.25, 0.3) is 11.9 Å². The lowest BCUT2D eigenvalue weighted by Crippen LogP contribution is -2.16. The molecule has 8 nitrogen and oxygen atoms in total. The Morgan fingerprint density at radius 3 is 3.05 bits per heavy atom. The van der Waals surface area contributed by atoms with E-state index in [1.807, 2.05) is 0 Å². The van der Waals surface area contributed by atoms with Gasteiger partial charge >= 0.3 is 0 Å². The highest BCUT2D eigenvalue weighted by Crippen LogP contribution is 2.14. The maximum Gasteiger partial charge on any atom is 0.277 e. The molecule has 0 radical (unpaired) electrons. The smallest absolute Gasteiger partial charge is 0.277 e. The van der Waals surface area contributed by atoms with Gasteiger partial charge in [0.1, 0.15) is 17.2 Å². The zero-order valence-corrected chi connectivity index (χ0v) is 9.75. The molecule has 0 aromatic carbocycles. The number of H-pyrrole nitrogens is 1. The Bertz CT molecular complexity index is 749. The largest absolute Gasteiger partial charge is 0.292 e. The van der Waals surface area contributed by atoms with E-state index in [4.69, 9.17) is 0 Å². The SMILES string of the molecule is Cc1nc2ccc(F)cn2c1C(=O)Nc1nn[nH]n1. The van der Waals surface area contributed by atoms with Crippen molar-refractivity contribution in [3.8, 4) is 0 Å². The van der Waals surface area contributed by atoms with E-state index in [0.717, 1.165) is 0 Å². The first kappa shape index (κ1) is 11.3. The van der Waals surface area contributed by atoms with Crippen LogP contribution in [0.2, 0.25) is 0 Å². The number of anilines is 1. The molecule has 3 heterocycles. The predicted molar refractivity (Wildman–Crippen MR) is 62.0 cm³/mol. The Hall–Kier alpha value is -2.84. The number of pyridine rings is 1. The van der Waals surface area contributed by atoms with Crippen LogP contribution in [0.3, 0.4) is 0 Å². The summed E-state index contributed by atoms with van der Waals surface area (Å²) in [5.74, 6) is -0.911. The molecule has 0 aliphatic rings. The van der Waals surface area contributed by atoms with Gasteiger partial charge in [-0.2, -0.15) is 5.21 Å². The van der Waals surface area contributed by atoms with E-state index < -0.39 is 11.7 Å². The van der Waals surface area contributed by atoms with Crippen LogP contribution in [-0.4, -0.2) is 35.9 Å². The van der Waals surface area contributed by atoms with Gasteiger partial charge in [0.05, 0.1) is 5.69 Å². The monoisotopic (exact) mass is 261 g/mol. The van der Waals surface area contributed by atoms with Crippen molar-refractivity contribution < 1.29 is 9.18 Å². The average Bonchev–Trinajstić information content (AvgIpc) is 2.95. The van der Waals surface area contributed by atoms with Gasteiger partial charge in [-0.25, -0.2) is 9.37 Å². The summed E-state index contributed by atoms with van der Waals surface area (Å²) in [5.41, 5.74) is 1.18. The van der Waals surface area contributed by atoms with Crippen LogP contribution in [-0.2, 0) is 0 Å². The van der Waals surface area contributed by atoms with Crippen LogP contribution in [0.5, 0.6) is 0 Å². The maximum atomic E-state index is 13.2. The lowest BCUT2D eigenvalue weighted by atomic mass is 10.3. The van der Waals surface area contributed by atoms with Crippen molar-refractivity contribution in [2.75, 3.05) is 5.32 Å². The van der Waals surface area contributed by atoms with Crippen LogP contribution < -0.4 is 5.32 Å². The second-order valence-corrected chi connectivity index (χ2v) is 3.81. The average molecular weight is 261 g/mol. The number of amides is 1. The van der Waals surface area contributed by atoms with Crippen molar-refractivity contribution >= 4 is 17.5 Å². The molecule has 0 atom stereocenters. The Labute approximate surface area is 105 Å². The number of tetrazole rings is 1. The van der Waals surface area contributed by atoms with Gasteiger partial charge in [0, 0.05) is 6.20 Å². The van der Waals surface area contributed by atoms with Crippen molar-refractivity contribution in [1.82, 2.24) is 30.0 Å². The minimum absolute atomic E-state index is 0.0377. The third-order valence-electron chi connectivity index (χ3n) is 2.54. The third kappa shape index (κ3) is 1.90. The van der Waals surface area contributed by atoms with Crippen molar-refractivity contribution in [3.05, 3.63) is 35.5 Å². The maximum absolute atomic E-state index is 13.2. The topological polar surface area (TPSA) is 101 Å². The van der Waals surface area contributed by atoms with E-state index in [-0.39, 0.29) is 11.6 Å². The Kier molecular flexibility index (Phi) is 2.44.